The van der Waals surface area contributed by atoms with E-state index >= 15 is 0 Å². The number of hydrogen-bond acceptors (Lipinski definition) is 7. The van der Waals surface area contributed by atoms with Crippen LogP contribution in [0.3, 0.4) is 0 Å². The van der Waals surface area contributed by atoms with Crippen molar-refractivity contribution in [1.29, 1.82) is 0 Å². The number of aryl methyl sites for hydroxylation is 1. The van der Waals surface area contributed by atoms with E-state index in [1.54, 1.807) is 6.07 Å². The van der Waals surface area contributed by atoms with Gasteiger partial charge in [0.1, 0.15) is 24.7 Å². The quantitative estimate of drug-likeness (QED) is 0.351. The van der Waals surface area contributed by atoms with Gasteiger partial charge in [-0.2, -0.15) is 0 Å². The van der Waals surface area contributed by atoms with Crippen molar-refractivity contribution in [3.05, 3.63) is 63.7 Å². The van der Waals surface area contributed by atoms with Gasteiger partial charge in [0, 0.05) is 45.3 Å². The number of ether oxygens (including phenoxy) is 2. The second-order valence-corrected chi connectivity index (χ2v) is 10.3. The minimum atomic E-state index is -0.707. The number of halogens is 6. The highest BCUT2D eigenvalue weighted by molar-refractivity contribution is 6.43. The SMILES string of the molecule is Cc1nc(C(=O)NCC(O)CN2CCN(c3cccc(Cl)c3Cl)CC2)c(C)n1-c1ccc2c(c1)OCCO2.Cl.Cl.Cl.Cl. The predicted molar refractivity (Wildman–Crippen MR) is 176 cm³/mol. The summed E-state index contributed by atoms with van der Waals surface area (Å²) in [5.74, 6) is 1.74. The molecule has 2 aliphatic heterocycles. The highest BCUT2D eigenvalue weighted by atomic mass is 35.5. The number of piperazine rings is 1. The number of imidazole rings is 1. The van der Waals surface area contributed by atoms with Gasteiger partial charge in [0.25, 0.3) is 5.91 Å². The minimum absolute atomic E-state index is 0. The second kappa shape index (κ2) is 16.9. The lowest BCUT2D eigenvalue weighted by molar-refractivity contribution is 0.0847. The number of amides is 1. The summed E-state index contributed by atoms with van der Waals surface area (Å²) in [7, 11) is 0. The van der Waals surface area contributed by atoms with E-state index in [-0.39, 0.29) is 62.1 Å². The van der Waals surface area contributed by atoms with E-state index in [1.807, 2.05) is 48.7 Å². The third-order valence-electron chi connectivity index (χ3n) is 6.89. The topological polar surface area (TPSA) is 92.1 Å². The first-order valence-corrected chi connectivity index (χ1v) is 13.4. The molecule has 1 saturated heterocycles. The fourth-order valence-corrected chi connectivity index (χ4v) is 5.39. The third kappa shape index (κ3) is 8.42. The highest BCUT2D eigenvalue weighted by Crippen LogP contribution is 2.34. The lowest BCUT2D eigenvalue weighted by Crippen LogP contribution is -2.50. The van der Waals surface area contributed by atoms with Crippen LogP contribution in [0.2, 0.25) is 10.0 Å². The molecule has 1 unspecified atom stereocenters. The van der Waals surface area contributed by atoms with E-state index < -0.39 is 6.10 Å². The molecule has 0 saturated carbocycles. The lowest BCUT2D eigenvalue weighted by atomic mass is 10.2. The van der Waals surface area contributed by atoms with Crippen molar-refractivity contribution < 1.29 is 19.4 Å². The number of nitrogens with one attached hydrogen (secondary N) is 1. The van der Waals surface area contributed by atoms with Crippen LogP contribution in [0.25, 0.3) is 5.69 Å². The van der Waals surface area contributed by atoms with E-state index in [9.17, 15) is 9.90 Å². The van der Waals surface area contributed by atoms with Crippen molar-refractivity contribution in [2.45, 2.75) is 20.0 Å². The van der Waals surface area contributed by atoms with Crippen LogP contribution in [0, 0.1) is 13.8 Å². The highest BCUT2D eigenvalue weighted by Gasteiger charge is 2.24. The van der Waals surface area contributed by atoms with Crippen molar-refractivity contribution in [3.8, 4) is 17.2 Å². The smallest absolute Gasteiger partial charge is 0.271 e. The summed E-state index contributed by atoms with van der Waals surface area (Å²) in [6, 6.07) is 11.3. The number of aromatic nitrogens is 2. The van der Waals surface area contributed by atoms with Gasteiger partial charge in [-0.1, -0.05) is 29.3 Å². The minimum Gasteiger partial charge on any atom is -0.486 e. The Kier molecular flexibility index (Phi) is 15.3. The summed E-state index contributed by atoms with van der Waals surface area (Å²) in [4.78, 5) is 21.8. The maximum atomic E-state index is 13.0. The standard InChI is InChI=1S/C27H31Cl2N5O4.4ClH/c1-17-26(31-18(2)34(17)19-6-7-23-24(14-19)38-13-12-37-23)27(36)30-15-20(35)16-32-8-10-33(11-9-32)22-5-3-4-21(28)25(22)29;;;;/h3-7,14,20,35H,8-13,15-16H2,1-2H3,(H,30,36);4*1H. The number of β-amino-alcohol motifs (C(OH)–C–C–N with tert-alkyl or cyclic N) is 1. The van der Waals surface area contributed by atoms with Crippen molar-refractivity contribution in [3.63, 3.8) is 0 Å². The molecule has 0 aliphatic carbocycles. The molecule has 1 atom stereocenters. The molecule has 1 fully saturated rings. The van der Waals surface area contributed by atoms with Gasteiger partial charge in [-0.15, -0.1) is 49.6 Å². The van der Waals surface area contributed by atoms with Crippen LogP contribution < -0.4 is 19.7 Å². The molecular weight excluding hydrogens is 671 g/mol. The van der Waals surface area contributed by atoms with Crippen LogP contribution in [-0.2, 0) is 0 Å². The number of nitrogens with zero attached hydrogens (tertiary/aromatic N) is 4. The molecule has 2 N–H and O–H groups in total. The molecule has 3 heterocycles. The molecule has 0 radical (unpaired) electrons. The zero-order valence-corrected chi connectivity index (χ0v) is 27.8. The van der Waals surface area contributed by atoms with Gasteiger partial charge < -0.3 is 29.4 Å². The Labute approximate surface area is 280 Å². The fraction of sp³-hybridized carbons (Fsp3) is 0.407. The molecule has 2 aliphatic rings. The molecular formula is C27H35Cl6N5O4. The van der Waals surface area contributed by atoms with E-state index in [0.29, 0.717) is 58.5 Å². The Morgan fingerprint density at radius 1 is 1.00 bits per heavy atom. The molecule has 1 aromatic heterocycles. The number of anilines is 1. The van der Waals surface area contributed by atoms with E-state index in [4.69, 9.17) is 32.7 Å². The molecule has 42 heavy (non-hydrogen) atoms. The van der Waals surface area contributed by atoms with Gasteiger partial charge >= 0.3 is 0 Å². The summed E-state index contributed by atoms with van der Waals surface area (Å²) in [6.07, 6.45) is -0.707. The number of aliphatic hydroxyl groups is 1. The van der Waals surface area contributed by atoms with Crippen LogP contribution in [0.4, 0.5) is 5.69 Å². The maximum Gasteiger partial charge on any atom is 0.271 e. The van der Waals surface area contributed by atoms with Gasteiger partial charge in [-0.25, -0.2) is 4.98 Å². The van der Waals surface area contributed by atoms with Crippen LogP contribution in [0.5, 0.6) is 11.5 Å². The molecule has 234 valence electrons. The van der Waals surface area contributed by atoms with Crippen molar-refractivity contribution in [2.75, 3.05) is 57.4 Å². The first-order valence-electron chi connectivity index (χ1n) is 12.7. The first-order chi connectivity index (χ1) is 18.3. The van der Waals surface area contributed by atoms with Crippen molar-refractivity contribution in [1.82, 2.24) is 19.8 Å². The number of fused-ring (bicyclic) bond motifs is 1. The summed E-state index contributed by atoms with van der Waals surface area (Å²) < 4.78 is 13.2. The van der Waals surface area contributed by atoms with Crippen LogP contribution in [0.15, 0.2) is 36.4 Å². The van der Waals surface area contributed by atoms with E-state index in [0.717, 1.165) is 37.6 Å². The van der Waals surface area contributed by atoms with Gasteiger partial charge in [-0.05, 0) is 38.1 Å². The molecule has 5 rings (SSSR count). The number of rotatable bonds is 7. The van der Waals surface area contributed by atoms with E-state index in [2.05, 4.69) is 20.1 Å². The average molecular weight is 706 g/mol. The average Bonchev–Trinajstić information content (AvgIpc) is 3.22. The number of carbonyl (C=O) groups is 1. The molecule has 3 aromatic rings. The number of aliphatic hydroxyl groups excluding tert-OH is 1. The molecule has 2 aromatic carbocycles. The zero-order valence-electron chi connectivity index (χ0n) is 23.0. The Morgan fingerprint density at radius 2 is 1.67 bits per heavy atom. The molecule has 0 spiro atoms. The molecule has 15 heteroatoms. The Balaban J connectivity index is 0.00000220. The molecule has 0 bridgehead atoms. The summed E-state index contributed by atoms with van der Waals surface area (Å²) in [5.41, 5.74) is 2.81. The number of carbonyl (C=O) groups excluding carboxylic acids is 1. The summed E-state index contributed by atoms with van der Waals surface area (Å²) in [6.45, 7) is 8.41. The van der Waals surface area contributed by atoms with Gasteiger partial charge in [0.2, 0.25) is 0 Å². The van der Waals surface area contributed by atoms with Crippen LogP contribution in [-0.4, -0.2) is 84.1 Å². The van der Waals surface area contributed by atoms with Gasteiger partial charge in [-0.3, -0.25) is 9.69 Å². The number of benzene rings is 2. The van der Waals surface area contributed by atoms with Gasteiger partial charge in [0.15, 0.2) is 11.5 Å². The molecule has 9 nitrogen and oxygen atoms in total. The van der Waals surface area contributed by atoms with Crippen molar-refractivity contribution >= 4 is 84.4 Å². The normalized spacial score (nSPS) is 14.8. The predicted octanol–water partition coefficient (Wildman–Crippen LogP) is 5.17. The number of hydrogen-bond donors (Lipinski definition) is 2. The Hall–Kier alpha value is -1.82. The maximum absolute atomic E-state index is 13.0. The monoisotopic (exact) mass is 703 g/mol. The second-order valence-electron chi connectivity index (χ2n) is 9.48. The largest absolute Gasteiger partial charge is 0.486 e. The fourth-order valence-electron chi connectivity index (χ4n) is 4.97. The van der Waals surface area contributed by atoms with Gasteiger partial charge in [0.05, 0.1) is 33.2 Å². The first kappa shape index (κ1) is 38.2. The summed E-state index contributed by atoms with van der Waals surface area (Å²) in [5, 5.41) is 14.6. The Bertz CT molecular complexity index is 1340. The van der Waals surface area contributed by atoms with E-state index in [1.165, 1.54) is 0 Å². The summed E-state index contributed by atoms with van der Waals surface area (Å²) >= 11 is 12.5. The third-order valence-corrected chi connectivity index (χ3v) is 7.69. The van der Waals surface area contributed by atoms with Crippen LogP contribution >= 0.6 is 72.8 Å². The Morgan fingerprint density at radius 3 is 2.36 bits per heavy atom. The zero-order chi connectivity index (χ0) is 26.8. The lowest BCUT2D eigenvalue weighted by Gasteiger charge is -2.37. The van der Waals surface area contributed by atoms with Crippen molar-refractivity contribution in [2.24, 2.45) is 0 Å². The molecule has 1 amide bonds. The van der Waals surface area contributed by atoms with Crippen LogP contribution in [0.1, 0.15) is 22.0 Å².